The minimum atomic E-state index is -1.04. The summed E-state index contributed by atoms with van der Waals surface area (Å²) in [5.74, 6) is 1.43. The normalized spacial score (nSPS) is 18.2. The highest BCUT2D eigenvalue weighted by Crippen LogP contribution is 2.33. The summed E-state index contributed by atoms with van der Waals surface area (Å²) < 4.78 is 26.5. The molecule has 9 heteroatoms. The van der Waals surface area contributed by atoms with E-state index in [1.54, 1.807) is 4.90 Å². The molecular formula is C22H32N2O7. The Morgan fingerprint density at radius 1 is 1.16 bits per heavy atom. The van der Waals surface area contributed by atoms with Crippen LogP contribution < -0.4 is 9.47 Å². The Balaban J connectivity index is 1.46. The van der Waals surface area contributed by atoms with E-state index in [0.29, 0.717) is 18.7 Å². The SMILES string of the molecule is CCN(C(=O)OC(C)OC(=O)OC1CCN(C)CC1)C(C)Cc1ccc2c(c1)OCO2. The number of amides is 1. The third-order valence-corrected chi connectivity index (χ3v) is 5.53. The Morgan fingerprint density at radius 3 is 2.58 bits per heavy atom. The first-order chi connectivity index (χ1) is 14.9. The fourth-order valence-corrected chi connectivity index (χ4v) is 3.78. The van der Waals surface area contributed by atoms with Crippen LogP contribution in [0, 0.1) is 0 Å². The van der Waals surface area contributed by atoms with Gasteiger partial charge in [-0.25, -0.2) is 9.59 Å². The van der Waals surface area contributed by atoms with E-state index in [0.717, 1.165) is 37.2 Å². The zero-order valence-corrected chi connectivity index (χ0v) is 18.7. The third kappa shape index (κ3) is 6.40. The standard InChI is InChI=1S/C22H32N2O7/c1-5-24(15(2)12-17-6-7-19-20(13-17)28-14-27-19)21(25)29-16(3)30-22(26)31-18-8-10-23(4)11-9-18/h6-7,13,15-16,18H,5,8-12,14H2,1-4H3. The van der Waals surface area contributed by atoms with Crippen molar-refractivity contribution in [3.05, 3.63) is 23.8 Å². The van der Waals surface area contributed by atoms with Crippen LogP contribution in [-0.2, 0) is 20.6 Å². The lowest BCUT2D eigenvalue weighted by atomic mass is 10.1. The molecule has 0 N–H and O–H groups in total. The maximum absolute atomic E-state index is 12.6. The fourth-order valence-electron chi connectivity index (χ4n) is 3.78. The summed E-state index contributed by atoms with van der Waals surface area (Å²) in [6, 6.07) is 5.61. The lowest BCUT2D eigenvalue weighted by Crippen LogP contribution is -2.42. The van der Waals surface area contributed by atoms with E-state index in [4.69, 9.17) is 23.7 Å². The number of fused-ring (bicyclic) bond motifs is 1. The van der Waals surface area contributed by atoms with Crippen molar-refractivity contribution in [2.45, 2.75) is 58.5 Å². The van der Waals surface area contributed by atoms with E-state index in [-0.39, 0.29) is 18.9 Å². The molecule has 0 bridgehead atoms. The van der Waals surface area contributed by atoms with Gasteiger partial charge in [-0.15, -0.1) is 0 Å². The fraction of sp³-hybridized carbons (Fsp3) is 0.636. The molecule has 1 saturated heterocycles. The van der Waals surface area contributed by atoms with Gasteiger partial charge in [-0.1, -0.05) is 6.07 Å². The topological polar surface area (TPSA) is 86.8 Å². The van der Waals surface area contributed by atoms with E-state index in [1.807, 2.05) is 39.1 Å². The molecule has 1 aromatic rings. The number of hydrogen-bond donors (Lipinski definition) is 0. The predicted molar refractivity (Wildman–Crippen MR) is 112 cm³/mol. The van der Waals surface area contributed by atoms with E-state index in [9.17, 15) is 9.59 Å². The molecule has 2 heterocycles. The molecule has 9 nitrogen and oxygen atoms in total. The van der Waals surface area contributed by atoms with Crippen molar-refractivity contribution >= 4 is 12.2 Å². The molecule has 31 heavy (non-hydrogen) atoms. The number of rotatable bonds is 7. The number of ether oxygens (including phenoxy) is 5. The second-order valence-electron chi connectivity index (χ2n) is 7.97. The minimum absolute atomic E-state index is 0.128. The minimum Gasteiger partial charge on any atom is -0.454 e. The highest BCUT2D eigenvalue weighted by atomic mass is 16.8. The van der Waals surface area contributed by atoms with Gasteiger partial charge >= 0.3 is 12.2 Å². The number of nitrogens with zero attached hydrogens (tertiary/aromatic N) is 2. The number of benzene rings is 1. The maximum Gasteiger partial charge on any atom is 0.511 e. The van der Waals surface area contributed by atoms with Gasteiger partial charge in [-0.05, 0) is 57.9 Å². The molecule has 0 aliphatic carbocycles. The summed E-state index contributed by atoms with van der Waals surface area (Å²) in [5.41, 5.74) is 1.02. The molecule has 1 fully saturated rings. The van der Waals surface area contributed by atoms with Crippen LogP contribution in [0.15, 0.2) is 18.2 Å². The van der Waals surface area contributed by atoms with E-state index in [2.05, 4.69) is 4.90 Å². The van der Waals surface area contributed by atoms with Gasteiger partial charge in [0.2, 0.25) is 13.1 Å². The molecule has 0 saturated carbocycles. The Kier molecular flexibility index (Phi) is 7.84. The molecule has 2 aliphatic heterocycles. The summed E-state index contributed by atoms with van der Waals surface area (Å²) in [7, 11) is 2.03. The van der Waals surface area contributed by atoms with Crippen LogP contribution in [0.25, 0.3) is 0 Å². The molecule has 3 rings (SSSR count). The largest absolute Gasteiger partial charge is 0.511 e. The zero-order valence-electron chi connectivity index (χ0n) is 18.7. The molecule has 2 atom stereocenters. The highest BCUT2D eigenvalue weighted by molar-refractivity contribution is 5.68. The number of carbonyl (C=O) groups is 2. The smallest absolute Gasteiger partial charge is 0.454 e. The van der Waals surface area contributed by atoms with E-state index in [1.165, 1.54) is 6.92 Å². The molecule has 1 aromatic carbocycles. The second kappa shape index (κ2) is 10.6. The van der Waals surface area contributed by atoms with Crippen LogP contribution in [0.3, 0.4) is 0 Å². The van der Waals surface area contributed by atoms with Crippen molar-refractivity contribution in [2.75, 3.05) is 33.5 Å². The van der Waals surface area contributed by atoms with Crippen LogP contribution >= 0.6 is 0 Å². The molecule has 0 aromatic heterocycles. The average molecular weight is 437 g/mol. The number of piperidine rings is 1. The summed E-state index contributed by atoms with van der Waals surface area (Å²) >= 11 is 0. The third-order valence-electron chi connectivity index (χ3n) is 5.53. The zero-order chi connectivity index (χ0) is 22.4. The molecule has 0 radical (unpaired) electrons. The number of likely N-dealkylation sites (tertiary alicyclic amines) is 1. The number of hydrogen-bond acceptors (Lipinski definition) is 8. The maximum atomic E-state index is 12.6. The van der Waals surface area contributed by atoms with Crippen LogP contribution in [0.5, 0.6) is 11.5 Å². The second-order valence-corrected chi connectivity index (χ2v) is 7.97. The van der Waals surface area contributed by atoms with E-state index >= 15 is 0 Å². The van der Waals surface area contributed by atoms with Gasteiger partial charge in [0.1, 0.15) is 6.10 Å². The first-order valence-electron chi connectivity index (χ1n) is 10.8. The Labute approximate surface area is 183 Å². The van der Waals surface area contributed by atoms with Crippen LogP contribution in [0.2, 0.25) is 0 Å². The first-order valence-corrected chi connectivity index (χ1v) is 10.8. The van der Waals surface area contributed by atoms with Gasteiger partial charge in [-0.2, -0.15) is 0 Å². The van der Waals surface area contributed by atoms with Gasteiger partial charge in [-0.3, -0.25) is 0 Å². The lowest BCUT2D eigenvalue weighted by molar-refractivity contribution is -0.0949. The van der Waals surface area contributed by atoms with Gasteiger partial charge in [0.25, 0.3) is 0 Å². The molecule has 2 aliphatic rings. The Hall–Kier alpha value is -2.68. The molecule has 1 amide bonds. The van der Waals surface area contributed by atoms with E-state index < -0.39 is 18.5 Å². The Bertz CT molecular complexity index is 764. The van der Waals surface area contributed by atoms with Crippen molar-refractivity contribution in [1.29, 1.82) is 0 Å². The molecule has 0 spiro atoms. The van der Waals surface area contributed by atoms with Crippen molar-refractivity contribution in [3.8, 4) is 11.5 Å². The summed E-state index contributed by atoms with van der Waals surface area (Å²) in [5, 5.41) is 0. The number of likely N-dealkylation sites (N-methyl/N-ethyl adjacent to an activating group) is 1. The van der Waals surface area contributed by atoms with Crippen LogP contribution in [-0.4, -0.2) is 74.0 Å². The quantitative estimate of drug-likeness (QED) is 0.475. The van der Waals surface area contributed by atoms with Gasteiger partial charge in [0, 0.05) is 32.6 Å². The summed E-state index contributed by atoms with van der Waals surface area (Å²) in [6.07, 6.45) is -0.422. The van der Waals surface area contributed by atoms with Crippen LogP contribution in [0.1, 0.15) is 39.2 Å². The van der Waals surface area contributed by atoms with Gasteiger partial charge in [0.15, 0.2) is 11.5 Å². The number of carbonyl (C=O) groups excluding carboxylic acids is 2. The van der Waals surface area contributed by atoms with Crippen LogP contribution in [0.4, 0.5) is 9.59 Å². The molecule has 172 valence electrons. The van der Waals surface area contributed by atoms with Crippen molar-refractivity contribution in [1.82, 2.24) is 9.80 Å². The molecular weight excluding hydrogens is 404 g/mol. The first kappa shape index (κ1) is 23.0. The van der Waals surface area contributed by atoms with Crippen molar-refractivity contribution < 1.29 is 33.3 Å². The van der Waals surface area contributed by atoms with Gasteiger partial charge in [0.05, 0.1) is 0 Å². The van der Waals surface area contributed by atoms with Crippen molar-refractivity contribution in [2.24, 2.45) is 0 Å². The average Bonchev–Trinajstić information content (AvgIpc) is 3.18. The highest BCUT2D eigenvalue weighted by Gasteiger charge is 2.26. The summed E-state index contributed by atoms with van der Waals surface area (Å²) in [6.45, 7) is 7.73. The Morgan fingerprint density at radius 2 is 1.87 bits per heavy atom. The van der Waals surface area contributed by atoms with Crippen molar-refractivity contribution in [3.63, 3.8) is 0 Å². The predicted octanol–water partition coefficient (Wildman–Crippen LogP) is 3.40. The lowest BCUT2D eigenvalue weighted by Gasteiger charge is -2.29. The van der Waals surface area contributed by atoms with Gasteiger partial charge < -0.3 is 33.5 Å². The summed E-state index contributed by atoms with van der Waals surface area (Å²) in [4.78, 5) is 28.4. The molecule has 2 unspecified atom stereocenters. The monoisotopic (exact) mass is 436 g/mol.